The monoisotopic (exact) mass is 615 g/mol. The molecule has 1 heterocycles. The molecule has 1 atom stereocenters. The van der Waals surface area contributed by atoms with E-state index in [2.05, 4.69) is 5.32 Å². The Labute approximate surface area is 246 Å². The summed E-state index contributed by atoms with van der Waals surface area (Å²) in [5.74, 6) is -0.673. The van der Waals surface area contributed by atoms with Crippen LogP contribution in [0.5, 0.6) is 0 Å². The summed E-state index contributed by atoms with van der Waals surface area (Å²) in [6.45, 7) is -5.03. The Morgan fingerprint density at radius 1 is 1.12 bits per heavy atom. The molecule has 0 fully saturated rings. The lowest BCUT2D eigenvalue weighted by atomic mass is 10.0. The predicted octanol–water partition coefficient (Wildman–Crippen LogP) is 6.13. The normalized spacial score (nSPS) is 15.4. The summed E-state index contributed by atoms with van der Waals surface area (Å²) in [5, 5.41) is 12.9. The molecule has 2 N–H and O–H groups in total. The number of hydrogen-bond donors (Lipinski definition) is 2. The molecular weight excluding hydrogens is 584 g/mol. The molecule has 6 nitrogen and oxygen atoms in total. The molecule has 4 rings (SSSR count). The fourth-order valence-electron chi connectivity index (χ4n) is 4.54. The van der Waals surface area contributed by atoms with E-state index >= 15 is 0 Å². The van der Waals surface area contributed by atoms with Gasteiger partial charge in [-0.2, -0.15) is 13.2 Å². The highest BCUT2D eigenvalue weighted by Crippen LogP contribution is 2.35. The van der Waals surface area contributed by atoms with Crippen LogP contribution >= 0.6 is 11.6 Å². The molecule has 0 saturated carbocycles. The van der Waals surface area contributed by atoms with Gasteiger partial charge in [0.1, 0.15) is 6.67 Å². The van der Waals surface area contributed by atoms with Crippen LogP contribution in [0.3, 0.4) is 0 Å². The molecule has 0 saturated heterocycles. The van der Waals surface area contributed by atoms with Crippen molar-refractivity contribution in [3.63, 3.8) is 0 Å². The van der Waals surface area contributed by atoms with Crippen LogP contribution in [0.2, 0.25) is 5.02 Å². The van der Waals surface area contributed by atoms with E-state index in [1.807, 2.05) is 0 Å². The summed E-state index contributed by atoms with van der Waals surface area (Å²) in [6, 6.07) is 12.6. The maximum absolute atomic E-state index is 13.7. The third-order valence-corrected chi connectivity index (χ3v) is 7.92. The van der Waals surface area contributed by atoms with Gasteiger partial charge in [0.15, 0.2) is 9.84 Å². The fraction of sp³-hybridized carbons (Fsp3) is 0.276. The second kappa shape index (κ2) is 12.2. The van der Waals surface area contributed by atoms with Crippen LogP contribution in [0.15, 0.2) is 71.6 Å². The number of aryl methyl sites for hydroxylation is 1. The van der Waals surface area contributed by atoms with Gasteiger partial charge in [-0.25, -0.2) is 12.8 Å². The molecule has 1 amide bonds. The Morgan fingerprint density at radius 3 is 2.49 bits per heavy atom. The van der Waals surface area contributed by atoms with Crippen LogP contribution < -0.4 is 5.32 Å². The third kappa shape index (κ3) is 6.74. The third-order valence-electron chi connectivity index (χ3n) is 6.52. The molecule has 0 unspecified atom stereocenters. The molecule has 0 aliphatic rings. The number of hydrogen-bond acceptors (Lipinski definition) is 4. The Hall–Kier alpha value is -3.41. The quantitative estimate of drug-likeness (QED) is 0.210. The topological polar surface area (TPSA) is 88.4 Å². The number of nitrogens with zero attached hydrogens (tertiary/aromatic N) is 1. The average Bonchev–Trinajstić information content (AvgIpc) is 3.31. The minimum atomic E-state index is -4.94. The fourth-order valence-corrected chi connectivity index (χ4v) is 5.32. The number of amides is 1. The summed E-state index contributed by atoms with van der Waals surface area (Å²) in [6.07, 6.45) is -4.87. The van der Waals surface area contributed by atoms with Crippen molar-refractivity contribution in [2.45, 2.75) is 36.9 Å². The Balaban J connectivity index is 1.60. The molecule has 218 valence electrons. The number of carbonyl (C=O) groups is 1. The zero-order valence-corrected chi connectivity index (χ0v) is 22.7. The molecule has 0 bridgehead atoms. The lowest BCUT2D eigenvalue weighted by Crippen LogP contribution is -2.30. The van der Waals surface area contributed by atoms with Gasteiger partial charge < -0.3 is 15.0 Å². The van der Waals surface area contributed by atoms with Crippen molar-refractivity contribution in [3.8, 4) is 0 Å². The van der Waals surface area contributed by atoms with E-state index in [0.717, 1.165) is 18.2 Å². The van der Waals surface area contributed by atoms with Crippen molar-refractivity contribution in [2.75, 3.05) is 19.0 Å². The summed E-state index contributed by atoms with van der Waals surface area (Å²) < 4.78 is 118. The van der Waals surface area contributed by atoms with Crippen molar-refractivity contribution in [2.24, 2.45) is 0 Å². The number of aromatic nitrogens is 1. The van der Waals surface area contributed by atoms with Crippen molar-refractivity contribution >= 4 is 38.2 Å². The van der Waals surface area contributed by atoms with Gasteiger partial charge in [0, 0.05) is 40.5 Å². The number of benzene rings is 3. The highest BCUT2D eigenvalue weighted by atomic mass is 35.5. The van der Waals surface area contributed by atoms with Crippen molar-refractivity contribution in [3.05, 3.63) is 99.7 Å². The van der Waals surface area contributed by atoms with Crippen molar-refractivity contribution in [1.29, 1.82) is 0 Å². The first-order chi connectivity index (χ1) is 21.3. The van der Waals surface area contributed by atoms with Gasteiger partial charge in [-0.1, -0.05) is 36.7 Å². The van der Waals surface area contributed by atoms with E-state index < -0.39 is 64.3 Å². The molecule has 1 aromatic heterocycles. The highest BCUT2D eigenvalue weighted by molar-refractivity contribution is 7.91. The van der Waals surface area contributed by atoms with Crippen LogP contribution in [-0.4, -0.2) is 43.0 Å². The number of aliphatic hydroxyl groups excluding tert-OH is 1. The maximum Gasteiger partial charge on any atom is 0.416 e. The van der Waals surface area contributed by atoms with Crippen LogP contribution in [0, 0.1) is 0 Å². The van der Waals surface area contributed by atoms with E-state index in [-0.39, 0.29) is 34.7 Å². The minimum absolute atomic E-state index is 0.0723. The van der Waals surface area contributed by atoms with E-state index in [9.17, 15) is 35.9 Å². The lowest BCUT2D eigenvalue weighted by molar-refractivity contribution is -0.138. The molecular formula is C29H27ClF4N2O4S. The second-order valence-electron chi connectivity index (χ2n) is 9.11. The van der Waals surface area contributed by atoms with Crippen LogP contribution in [0.4, 0.5) is 17.6 Å². The molecule has 0 spiro atoms. The number of halogens is 5. The van der Waals surface area contributed by atoms with Crippen LogP contribution in [0.1, 0.15) is 52.5 Å². The molecule has 0 aliphatic heterocycles. The van der Waals surface area contributed by atoms with Crippen molar-refractivity contribution < 1.29 is 42.7 Å². The Bertz CT molecular complexity index is 1860. The molecule has 3 aromatic carbocycles. The standard InChI is InChI=1S/C29H27ClF4N2O4S/c1-2-41(39,40)24-8-4-18(5-9-24)26(17-37)35-28(38)20-6-10-27-21(13-20)15-23(36(27)12-11-31)14-19-3-7-22(30)16-25(19)29(32,33)34/h3-10,13,15-16,26,37H,2,11-12,14,17H2,1H3,(H,35,38)/t26-/m0/s1/i1D3,2D2. The van der Waals surface area contributed by atoms with Crippen LogP contribution in [-0.2, 0) is 29.0 Å². The van der Waals surface area contributed by atoms with E-state index in [1.165, 1.54) is 47.0 Å². The van der Waals surface area contributed by atoms with Crippen LogP contribution in [0.25, 0.3) is 10.9 Å². The maximum atomic E-state index is 13.7. The van der Waals surface area contributed by atoms with Gasteiger partial charge in [-0.15, -0.1) is 0 Å². The number of nitrogens with one attached hydrogen (secondary N) is 1. The van der Waals surface area contributed by atoms with Gasteiger partial charge >= 0.3 is 6.18 Å². The first kappa shape index (κ1) is 24.2. The molecule has 0 aliphatic carbocycles. The predicted molar refractivity (Wildman–Crippen MR) is 149 cm³/mol. The summed E-state index contributed by atoms with van der Waals surface area (Å²) in [4.78, 5) is 12.5. The van der Waals surface area contributed by atoms with E-state index in [4.69, 9.17) is 18.5 Å². The van der Waals surface area contributed by atoms with Gasteiger partial charge in [0.25, 0.3) is 5.91 Å². The number of fused-ring (bicyclic) bond motifs is 1. The van der Waals surface area contributed by atoms with Gasteiger partial charge in [-0.05, 0) is 59.7 Å². The van der Waals surface area contributed by atoms with Crippen molar-refractivity contribution in [1.82, 2.24) is 9.88 Å². The number of aliphatic hydroxyl groups is 1. The SMILES string of the molecule is [2H]C([2H])([2H])C([2H])([2H])S(=O)(=O)c1ccc([C@H](CO)NC(=O)c2ccc3c(c2)cc(Cc2ccc(Cl)cc2C(F)(F)F)n3CCF)cc1. The van der Waals surface area contributed by atoms with Gasteiger partial charge in [-0.3, -0.25) is 4.79 Å². The van der Waals surface area contributed by atoms with Gasteiger partial charge in [0.05, 0.1) is 35.4 Å². The Morgan fingerprint density at radius 2 is 1.85 bits per heavy atom. The lowest BCUT2D eigenvalue weighted by Gasteiger charge is -2.17. The number of sulfone groups is 1. The summed E-state index contributed by atoms with van der Waals surface area (Å²) in [5.41, 5.74) is -3.40. The first-order valence-corrected chi connectivity index (χ1v) is 14.0. The number of rotatable bonds is 10. The van der Waals surface area contributed by atoms with E-state index in [1.54, 1.807) is 6.07 Å². The summed E-state index contributed by atoms with van der Waals surface area (Å²) >= 11 is 5.79. The zero-order chi connectivity index (χ0) is 34.2. The second-order valence-corrected chi connectivity index (χ2v) is 11.2. The summed E-state index contributed by atoms with van der Waals surface area (Å²) in [7, 11) is -4.94. The minimum Gasteiger partial charge on any atom is -0.394 e. The Kier molecular flexibility index (Phi) is 7.22. The average molecular weight is 616 g/mol. The highest BCUT2D eigenvalue weighted by Gasteiger charge is 2.33. The largest absolute Gasteiger partial charge is 0.416 e. The molecule has 12 heteroatoms. The first-order valence-electron chi connectivity index (χ1n) is 14.6. The smallest absolute Gasteiger partial charge is 0.394 e. The zero-order valence-electron chi connectivity index (χ0n) is 26.2. The number of carbonyl (C=O) groups excluding carboxylic acids is 1. The molecule has 41 heavy (non-hydrogen) atoms. The molecule has 0 radical (unpaired) electrons. The van der Waals surface area contributed by atoms with Gasteiger partial charge in [0.2, 0.25) is 0 Å². The molecule has 4 aromatic rings. The van der Waals surface area contributed by atoms with E-state index in [0.29, 0.717) is 16.6 Å². The number of alkyl halides is 4.